The van der Waals surface area contributed by atoms with Crippen molar-refractivity contribution in [1.82, 2.24) is 0 Å². The number of phenols is 2. The Balaban J connectivity index is 0.674. The topological polar surface area (TPSA) is 83.6 Å². The van der Waals surface area contributed by atoms with E-state index in [2.05, 4.69) is 188 Å². The van der Waals surface area contributed by atoms with Gasteiger partial charge in [-0.1, -0.05) is 237 Å². The van der Waals surface area contributed by atoms with Gasteiger partial charge in [-0.3, -0.25) is 9.98 Å². The fourth-order valence-corrected chi connectivity index (χ4v) is 14.2. The molecule has 0 bridgehead atoms. The summed E-state index contributed by atoms with van der Waals surface area (Å²) in [6.45, 7) is 1.40. The van der Waals surface area contributed by atoms with E-state index < -0.39 is 0 Å². The van der Waals surface area contributed by atoms with Crippen LogP contribution in [0.15, 0.2) is 277 Å². The normalized spacial score (nSPS) is 12.2. The third-order valence-electron chi connectivity index (χ3n) is 18.4. The van der Waals surface area contributed by atoms with Crippen molar-refractivity contribution in [3.05, 3.63) is 300 Å². The van der Waals surface area contributed by atoms with E-state index in [1.807, 2.05) is 91.3 Å². The van der Waals surface area contributed by atoms with E-state index in [-0.39, 0.29) is 24.7 Å². The van der Waals surface area contributed by atoms with Crippen LogP contribution >= 0.6 is 0 Å². The molecule has 6 nitrogen and oxygen atoms in total. The van der Waals surface area contributed by atoms with Gasteiger partial charge in [0.25, 0.3) is 0 Å². The highest BCUT2D eigenvalue weighted by Gasteiger charge is 2.24. The number of aromatic hydroxyl groups is 2. The molecule has 0 radical (unpaired) electrons. The van der Waals surface area contributed by atoms with Gasteiger partial charge in [0.1, 0.15) is 36.2 Å². The van der Waals surface area contributed by atoms with Gasteiger partial charge < -0.3 is 19.7 Å². The van der Waals surface area contributed by atoms with Gasteiger partial charge in [0.2, 0.25) is 0 Å². The molecule has 0 saturated heterocycles. The van der Waals surface area contributed by atoms with Crippen LogP contribution in [0.2, 0.25) is 0 Å². The number of benzene rings is 17. The van der Waals surface area contributed by atoms with E-state index in [4.69, 9.17) is 19.5 Å². The molecule has 0 amide bonds. The van der Waals surface area contributed by atoms with Crippen LogP contribution in [0.25, 0.3) is 130 Å². The maximum absolute atomic E-state index is 12.6. The third kappa shape index (κ3) is 8.94. The number of phenolic OH excluding ortho intramolecular Hbond substituents is 2. The second kappa shape index (κ2) is 21.7. The molecule has 6 heteroatoms. The summed E-state index contributed by atoms with van der Waals surface area (Å²) in [4.78, 5) is 10.1. The minimum atomic E-state index is 0.137. The Hall–Kier alpha value is -11.6. The zero-order valence-electron chi connectivity index (χ0n) is 49.0. The number of nitrogens with zero attached hydrogens (tertiary/aromatic N) is 2. The molecule has 0 heterocycles. The molecule has 0 aliphatic heterocycles. The Morgan fingerprint density at radius 1 is 0.278 bits per heavy atom. The Morgan fingerprint density at radius 3 is 1.04 bits per heavy atom. The van der Waals surface area contributed by atoms with Crippen LogP contribution in [0.4, 0.5) is 0 Å². The van der Waals surface area contributed by atoms with E-state index in [1.54, 1.807) is 0 Å². The lowest BCUT2D eigenvalue weighted by Crippen LogP contribution is -2.02. The van der Waals surface area contributed by atoms with Crippen LogP contribution in [-0.2, 0) is 26.3 Å². The second-order valence-corrected chi connectivity index (χ2v) is 23.6. The molecular weight excluding hydrogens is 1100 g/mol. The summed E-state index contributed by atoms with van der Waals surface area (Å²) in [6.07, 6.45) is 3.63. The molecule has 17 aromatic rings. The van der Waals surface area contributed by atoms with E-state index in [0.29, 0.717) is 46.8 Å². The molecule has 17 rings (SSSR count). The van der Waals surface area contributed by atoms with Crippen molar-refractivity contribution in [3.63, 3.8) is 0 Å². The smallest absolute Gasteiger partial charge is 0.132 e. The number of hydrogen-bond donors (Lipinski definition) is 2. The zero-order valence-corrected chi connectivity index (χ0v) is 49.0. The van der Waals surface area contributed by atoms with Crippen LogP contribution < -0.4 is 9.47 Å². The molecule has 0 unspecified atom stereocenters. The van der Waals surface area contributed by atoms with E-state index >= 15 is 0 Å². The van der Waals surface area contributed by atoms with E-state index in [9.17, 15) is 10.2 Å². The molecule has 0 saturated carbocycles. The molecule has 0 aromatic heterocycles. The van der Waals surface area contributed by atoms with Crippen LogP contribution in [-0.4, -0.2) is 22.6 Å². The van der Waals surface area contributed by atoms with Crippen molar-refractivity contribution in [1.29, 1.82) is 0 Å². The third-order valence-corrected chi connectivity index (χ3v) is 18.4. The van der Waals surface area contributed by atoms with Gasteiger partial charge in [0, 0.05) is 45.8 Å². The van der Waals surface area contributed by atoms with Crippen LogP contribution in [0, 0.1) is 0 Å². The summed E-state index contributed by atoms with van der Waals surface area (Å²) in [5.74, 6) is 1.56. The minimum Gasteiger partial charge on any atom is -0.507 e. The van der Waals surface area contributed by atoms with Gasteiger partial charge in [0.15, 0.2) is 0 Å². The highest BCUT2D eigenvalue weighted by molar-refractivity contribution is 6.25. The fraction of sp³-hybridized carbons (Fsp3) is 0.0476. The average molecular weight is 1160 g/mol. The highest BCUT2D eigenvalue weighted by atomic mass is 16.5. The summed E-state index contributed by atoms with van der Waals surface area (Å²) >= 11 is 0. The summed E-state index contributed by atoms with van der Waals surface area (Å²) < 4.78 is 13.9. The van der Waals surface area contributed by atoms with Gasteiger partial charge >= 0.3 is 0 Å². The van der Waals surface area contributed by atoms with Gasteiger partial charge in [-0.25, -0.2) is 0 Å². The zero-order chi connectivity index (χ0) is 59.8. The van der Waals surface area contributed by atoms with Crippen LogP contribution in [0.1, 0.15) is 33.4 Å². The molecule has 0 aliphatic rings. The average Bonchev–Trinajstić information content (AvgIpc) is 0.970. The van der Waals surface area contributed by atoms with Crippen molar-refractivity contribution in [3.8, 4) is 45.3 Å². The SMILES string of the molecule is Oc1c(C=NCc2ccc3ccc4cccc5ccc2c3c45)cc2ccccc2c1-c1c(OCc2cccc(COc3ccc4ccccc4c3-c3c(O)c(C=NCc4ccc5ccc6cccc7ccc4c5c67)cc4ccccc34)c2)ccc2ccccc12. The van der Waals surface area contributed by atoms with Gasteiger partial charge in [-0.15, -0.1) is 0 Å². The maximum Gasteiger partial charge on any atom is 0.132 e. The van der Waals surface area contributed by atoms with Crippen molar-refractivity contribution in [2.45, 2.75) is 26.3 Å². The molecule has 426 valence electrons. The quantitative estimate of drug-likeness (QED) is 0.0839. The van der Waals surface area contributed by atoms with Crippen molar-refractivity contribution < 1.29 is 19.7 Å². The molecule has 0 atom stereocenters. The monoisotopic (exact) mass is 1160 g/mol. The summed E-state index contributed by atoms with van der Waals surface area (Å²) in [7, 11) is 0. The number of hydrogen-bond acceptors (Lipinski definition) is 6. The maximum atomic E-state index is 12.6. The molecular formula is C84H56N2O4. The number of ether oxygens (including phenoxy) is 2. The first kappa shape index (κ1) is 52.7. The summed E-state index contributed by atoms with van der Waals surface area (Å²) in [5, 5.41) is 47.8. The van der Waals surface area contributed by atoms with Crippen molar-refractivity contribution >= 4 is 120 Å². The minimum absolute atomic E-state index is 0.137. The molecule has 2 N–H and O–H groups in total. The van der Waals surface area contributed by atoms with E-state index in [0.717, 1.165) is 76.5 Å². The predicted octanol–water partition coefficient (Wildman–Crippen LogP) is 21.2. The lowest BCUT2D eigenvalue weighted by molar-refractivity contribution is 0.301. The Kier molecular flexibility index (Phi) is 12.7. The number of aliphatic imine (C=N–C) groups is 2. The first-order valence-electron chi connectivity index (χ1n) is 30.6. The molecule has 90 heavy (non-hydrogen) atoms. The standard InChI is InChI=1S/C84H56N2O4/c87-83-65(47-85-45-63-32-30-59-28-26-55-18-10-20-57-34-38-71(63)77(59)75(55)57)43-61-16-3-7-24-69(61)81(83)79-67-22-5-1-14-53(67)36-40-73(79)89-49-51-12-9-13-52(42-51)50-90-74-41-37-54-15-2-6-23-68(54)80(74)82-70-25-8-4-17-62(70)44-66(84(82)88)48-86-46-64-33-31-60-29-27-56-19-11-21-58-35-39-72(64)78(60)76(56)58/h1-44,47-48,87-88H,45-46,49-50H2. The van der Waals surface area contributed by atoms with Gasteiger partial charge in [0.05, 0.1) is 13.1 Å². The molecule has 0 fully saturated rings. The van der Waals surface area contributed by atoms with Crippen LogP contribution in [0.3, 0.4) is 0 Å². The first-order valence-corrected chi connectivity index (χ1v) is 30.6. The van der Waals surface area contributed by atoms with Crippen molar-refractivity contribution in [2.24, 2.45) is 9.98 Å². The van der Waals surface area contributed by atoms with Gasteiger partial charge in [-0.05, 0) is 160 Å². The lowest BCUT2D eigenvalue weighted by Gasteiger charge is -2.19. The summed E-state index contributed by atoms with van der Waals surface area (Å²) in [5.41, 5.74) is 8.40. The molecule has 0 aliphatic carbocycles. The fourth-order valence-electron chi connectivity index (χ4n) is 14.2. The highest BCUT2D eigenvalue weighted by Crippen LogP contribution is 2.49. The Labute approximate surface area is 518 Å². The molecule has 0 spiro atoms. The number of fused-ring (bicyclic) bond motifs is 4. The number of rotatable bonds is 14. The second-order valence-electron chi connectivity index (χ2n) is 23.6. The first-order chi connectivity index (χ1) is 44.5. The molecule has 17 aromatic carbocycles. The lowest BCUT2D eigenvalue weighted by atomic mass is 9.90. The Morgan fingerprint density at radius 2 is 0.611 bits per heavy atom. The predicted molar refractivity (Wildman–Crippen MR) is 375 cm³/mol. The van der Waals surface area contributed by atoms with Crippen molar-refractivity contribution in [2.75, 3.05) is 0 Å². The van der Waals surface area contributed by atoms with Crippen LogP contribution in [0.5, 0.6) is 23.0 Å². The summed E-state index contributed by atoms with van der Waals surface area (Å²) in [6, 6.07) is 92.9. The van der Waals surface area contributed by atoms with E-state index in [1.165, 1.54) is 64.6 Å². The largest absolute Gasteiger partial charge is 0.507 e. The van der Waals surface area contributed by atoms with Gasteiger partial charge in [-0.2, -0.15) is 0 Å². The Bertz CT molecular complexity index is 5400.